The molecule has 4 fully saturated rings. The fraction of sp³-hybridized carbons (Fsp3) is 0.654. The monoisotopic (exact) mass is 514 g/mol. The second-order valence-electron chi connectivity index (χ2n) is 10.7. The molecule has 0 aromatic carbocycles. The molecule has 3 heterocycles. The molecule has 5 aliphatic rings. The van der Waals surface area contributed by atoms with Gasteiger partial charge in [0, 0.05) is 38.6 Å². The zero-order valence-electron chi connectivity index (χ0n) is 21.3. The van der Waals surface area contributed by atoms with Crippen LogP contribution in [0.4, 0.5) is 0 Å². The Hall–Kier alpha value is -2.09. The maximum Gasteiger partial charge on any atom is 0.227 e. The van der Waals surface area contributed by atoms with Crippen molar-refractivity contribution in [1.82, 2.24) is 31.5 Å². The minimum Gasteiger partial charge on any atom is -0.405 e. The van der Waals surface area contributed by atoms with E-state index in [1.54, 1.807) is 6.20 Å². The van der Waals surface area contributed by atoms with E-state index in [2.05, 4.69) is 54.6 Å². The van der Waals surface area contributed by atoms with Gasteiger partial charge in [-0.25, -0.2) is 4.89 Å². The lowest BCUT2D eigenvalue weighted by Gasteiger charge is -2.42. The van der Waals surface area contributed by atoms with Crippen molar-refractivity contribution in [3.63, 3.8) is 0 Å². The summed E-state index contributed by atoms with van der Waals surface area (Å²) in [6, 6.07) is 0.207. The van der Waals surface area contributed by atoms with Gasteiger partial charge in [0.05, 0.1) is 36.5 Å². The molecule has 5 atom stereocenters. The van der Waals surface area contributed by atoms with Crippen LogP contribution in [0.5, 0.6) is 0 Å². The van der Waals surface area contributed by atoms with Crippen LogP contribution in [0.1, 0.15) is 19.3 Å². The highest BCUT2D eigenvalue weighted by Crippen LogP contribution is 2.37. The Balaban J connectivity index is 1.19. The second kappa shape index (κ2) is 12.2. The van der Waals surface area contributed by atoms with Gasteiger partial charge in [0.1, 0.15) is 6.61 Å². The van der Waals surface area contributed by atoms with Crippen LogP contribution < -0.4 is 38.1 Å². The molecule has 204 valence electrons. The number of carbonyl (C=O) groups excluding carboxylic acids is 1. The molecule has 0 aromatic heterocycles. The van der Waals surface area contributed by atoms with Crippen LogP contribution in [0, 0.1) is 17.8 Å². The number of piperazine rings is 1. The van der Waals surface area contributed by atoms with Crippen molar-refractivity contribution in [1.29, 1.82) is 0 Å². The number of nitrogens with one attached hydrogen (secondary N) is 5. The maximum absolute atomic E-state index is 12.8. The Bertz CT molecular complexity index is 925. The summed E-state index contributed by atoms with van der Waals surface area (Å²) in [5.74, 6) is 0.804. The average Bonchev–Trinajstić information content (AvgIpc) is 3.69. The fourth-order valence-corrected chi connectivity index (χ4v) is 6.15. The van der Waals surface area contributed by atoms with E-state index in [0.29, 0.717) is 24.8 Å². The summed E-state index contributed by atoms with van der Waals surface area (Å²) in [5.41, 5.74) is 14.5. The first-order valence-electron chi connectivity index (χ1n) is 13.6. The standard InChI is InChI=1S/C26H42N8O3/c27-9-7-17(16-1-2-16)8-10-30-26(35)19-5-3-18(4-6-19)22-23-24(28)29-11-12-34(23)25(33-22)20-13-31-21(15-37-36)32-14-20/h3-5,7-9,16,19-25,29,31-33,36H,1-2,6,10-15,27-28H2,(H,30,35)/b9-7-,17-8+/t19-,20-,21-,22?,23?,24?,25?/m1/s1. The molecule has 4 unspecified atom stereocenters. The quantitative estimate of drug-likeness (QED) is 0.108. The number of amides is 1. The SMILES string of the molecule is N/C=C\C(=C/CNC(=O)[C@@H]1C=CC(C2NC([C@H]3CN[C@H](COO)NC3)N3CCNC(N)C23)=CC1)C1CC1. The summed E-state index contributed by atoms with van der Waals surface area (Å²) < 4.78 is 0. The Morgan fingerprint density at radius 3 is 2.76 bits per heavy atom. The summed E-state index contributed by atoms with van der Waals surface area (Å²) in [6.45, 7) is 4.13. The third-order valence-electron chi connectivity index (χ3n) is 8.27. The van der Waals surface area contributed by atoms with Crippen LogP contribution in [0.15, 0.2) is 47.7 Å². The smallest absolute Gasteiger partial charge is 0.227 e. The minimum absolute atomic E-state index is 0.0466. The van der Waals surface area contributed by atoms with Crippen LogP contribution in [0.25, 0.3) is 0 Å². The molecular weight excluding hydrogens is 472 g/mol. The van der Waals surface area contributed by atoms with E-state index in [-0.39, 0.29) is 49.0 Å². The zero-order chi connectivity index (χ0) is 25.8. The molecule has 3 saturated heterocycles. The van der Waals surface area contributed by atoms with Gasteiger partial charge >= 0.3 is 0 Å². The van der Waals surface area contributed by atoms with E-state index in [9.17, 15) is 4.79 Å². The molecule has 1 saturated carbocycles. The number of hydrogen-bond acceptors (Lipinski definition) is 10. The number of carbonyl (C=O) groups is 1. The van der Waals surface area contributed by atoms with Gasteiger partial charge < -0.3 is 16.8 Å². The summed E-state index contributed by atoms with van der Waals surface area (Å²) >= 11 is 0. The number of rotatable bonds is 9. The normalized spacial score (nSPS) is 37.0. The molecule has 0 radical (unpaired) electrons. The number of fused-ring (bicyclic) bond motifs is 1. The van der Waals surface area contributed by atoms with E-state index < -0.39 is 0 Å². The molecular formula is C26H42N8O3. The van der Waals surface area contributed by atoms with Gasteiger partial charge in [0.2, 0.25) is 5.91 Å². The lowest BCUT2D eigenvalue weighted by Crippen LogP contribution is -2.65. The molecule has 0 bridgehead atoms. The topological polar surface area (TPSA) is 162 Å². The summed E-state index contributed by atoms with van der Waals surface area (Å²) in [5, 5.41) is 25.9. The third kappa shape index (κ3) is 6.15. The highest BCUT2D eigenvalue weighted by Gasteiger charge is 2.49. The Morgan fingerprint density at radius 1 is 1.27 bits per heavy atom. The first-order valence-corrected chi connectivity index (χ1v) is 13.6. The predicted octanol–water partition coefficient (Wildman–Crippen LogP) is -1.10. The van der Waals surface area contributed by atoms with Crippen LogP contribution >= 0.6 is 0 Å². The van der Waals surface area contributed by atoms with Crippen molar-refractivity contribution in [3.8, 4) is 0 Å². The molecule has 2 aliphatic carbocycles. The van der Waals surface area contributed by atoms with Crippen LogP contribution in [-0.4, -0.2) is 86.0 Å². The zero-order valence-corrected chi connectivity index (χ0v) is 21.3. The number of hydrogen-bond donors (Lipinski definition) is 8. The predicted molar refractivity (Wildman–Crippen MR) is 142 cm³/mol. The molecule has 5 rings (SSSR count). The maximum atomic E-state index is 12.8. The number of nitrogens with zero attached hydrogens (tertiary/aromatic N) is 1. The second-order valence-corrected chi connectivity index (χ2v) is 10.7. The van der Waals surface area contributed by atoms with Crippen LogP contribution in [0.3, 0.4) is 0 Å². The van der Waals surface area contributed by atoms with E-state index >= 15 is 0 Å². The Morgan fingerprint density at radius 2 is 2.08 bits per heavy atom. The van der Waals surface area contributed by atoms with Crippen molar-refractivity contribution in [2.24, 2.45) is 29.2 Å². The average molecular weight is 515 g/mol. The van der Waals surface area contributed by atoms with Crippen molar-refractivity contribution >= 4 is 5.91 Å². The highest BCUT2D eigenvalue weighted by atomic mass is 17.1. The number of nitrogens with two attached hydrogens (primary N) is 2. The van der Waals surface area contributed by atoms with Gasteiger partial charge in [-0.2, -0.15) is 0 Å². The van der Waals surface area contributed by atoms with E-state index in [4.69, 9.17) is 16.7 Å². The lowest BCUT2D eigenvalue weighted by molar-refractivity contribution is -0.249. The molecule has 1 amide bonds. The fourth-order valence-electron chi connectivity index (χ4n) is 6.15. The van der Waals surface area contributed by atoms with Crippen molar-refractivity contribution in [3.05, 3.63) is 47.7 Å². The van der Waals surface area contributed by atoms with Crippen LogP contribution in [0.2, 0.25) is 0 Å². The van der Waals surface area contributed by atoms with Crippen molar-refractivity contribution in [2.75, 3.05) is 39.3 Å². The van der Waals surface area contributed by atoms with Crippen LogP contribution in [-0.2, 0) is 9.68 Å². The summed E-state index contributed by atoms with van der Waals surface area (Å²) in [4.78, 5) is 19.6. The molecule has 3 aliphatic heterocycles. The Kier molecular flexibility index (Phi) is 8.73. The lowest BCUT2D eigenvalue weighted by atomic mass is 9.89. The molecule has 11 nitrogen and oxygen atoms in total. The highest BCUT2D eigenvalue weighted by molar-refractivity contribution is 5.81. The number of allylic oxidation sites excluding steroid dienone is 3. The van der Waals surface area contributed by atoms with E-state index in [1.807, 2.05) is 12.2 Å². The van der Waals surface area contributed by atoms with Gasteiger partial charge in [0.25, 0.3) is 0 Å². The summed E-state index contributed by atoms with van der Waals surface area (Å²) in [7, 11) is 0. The first kappa shape index (κ1) is 26.5. The minimum atomic E-state index is -0.171. The van der Waals surface area contributed by atoms with Gasteiger partial charge in [-0.1, -0.05) is 24.3 Å². The van der Waals surface area contributed by atoms with Gasteiger partial charge in [0.15, 0.2) is 0 Å². The Labute approximate surface area is 218 Å². The molecule has 11 heteroatoms. The van der Waals surface area contributed by atoms with Crippen molar-refractivity contribution < 1.29 is 14.9 Å². The van der Waals surface area contributed by atoms with Gasteiger partial charge in [-0.3, -0.25) is 36.2 Å². The van der Waals surface area contributed by atoms with Gasteiger partial charge in [-0.05, 0) is 48.6 Å². The molecule has 37 heavy (non-hydrogen) atoms. The largest absolute Gasteiger partial charge is 0.405 e. The van der Waals surface area contributed by atoms with Gasteiger partial charge in [-0.15, -0.1) is 0 Å². The van der Waals surface area contributed by atoms with Crippen molar-refractivity contribution in [2.45, 2.75) is 49.8 Å². The summed E-state index contributed by atoms with van der Waals surface area (Å²) in [6.07, 6.45) is 15.0. The van der Waals surface area contributed by atoms with E-state index in [1.165, 1.54) is 24.0 Å². The molecule has 0 spiro atoms. The third-order valence-corrected chi connectivity index (χ3v) is 8.27. The molecule has 0 aromatic rings. The van der Waals surface area contributed by atoms with E-state index in [0.717, 1.165) is 26.2 Å². The first-order chi connectivity index (χ1) is 18.1. The molecule has 10 N–H and O–H groups in total.